The average molecular weight is 325 g/mol. The topological polar surface area (TPSA) is 47.3 Å². The van der Waals surface area contributed by atoms with Crippen molar-refractivity contribution >= 4 is 11.5 Å². The van der Waals surface area contributed by atoms with E-state index in [4.69, 9.17) is 0 Å². The van der Waals surface area contributed by atoms with Crippen LogP contribution in [-0.2, 0) is 0 Å². The molecule has 4 heteroatoms. The molecule has 1 aliphatic carbocycles. The van der Waals surface area contributed by atoms with E-state index in [1.165, 1.54) is 38.6 Å². The summed E-state index contributed by atoms with van der Waals surface area (Å²) in [6.45, 7) is 6.77. The fourth-order valence-corrected chi connectivity index (χ4v) is 4.01. The third kappa shape index (κ3) is 3.96. The van der Waals surface area contributed by atoms with E-state index in [1.54, 1.807) is 19.1 Å². The number of carbonyl (C=O) groups is 1. The fraction of sp³-hybridized carbons (Fsp3) is 0.600. The number of hydrogen-bond acceptors (Lipinski definition) is 4. The second-order valence-corrected chi connectivity index (χ2v) is 7.19. The van der Waals surface area contributed by atoms with Crippen molar-refractivity contribution in [2.75, 3.05) is 37.6 Å². The Morgan fingerprint density at radius 2 is 1.88 bits per heavy atom. The second-order valence-electron chi connectivity index (χ2n) is 7.19. The highest BCUT2D eigenvalue weighted by Crippen LogP contribution is 2.26. The number of nitriles is 1. The van der Waals surface area contributed by atoms with Gasteiger partial charge < -0.3 is 4.90 Å². The molecule has 1 aliphatic heterocycles. The predicted octanol–water partition coefficient (Wildman–Crippen LogP) is 3.46. The first-order chi connectivity index (χ1) is 11.7. The smallest absolute Gasteiger partial charge is 0.159 e. The maximum atomic E-state index is 11.6. The SMILES string of the molecule is CC(=O)c1ccc(C#N)c(N2CCN(CC3CCCCC3)CC2)c1. The molecule has 0 unspecified atom stereocenters. The summed E-state index contributed by atoms with van der Waals surface area (Å²) >= 11 is 0. The van der Waals surface area contributed by atoms with Crippen molar-refractivity contribution in [1.29, 1.82) is 5.26 Å². The van der Waals surface area contributed by atoms with E-state index in [0.717, 1.165) is 37.8 Å². The molecule has 3 rings (SSSR count). The molecule has 1 aromatic carbocycles. The lowest BCUT2D eigenvalue weighted by Crippen LogP contribution is -2.48. The van der Waals surface area contributed by atoms with Crippen LogP contribution in [0.3, 0.4) is 0 Å². The number of benzene rings is 1. The number of ketones is 1. The van der Waals surface area contributed by atoms with E-state index in [0.29, 0.717) is 11.1 Å². The van der Waals surface area contributed by atoms with Crippen molar-refractivity contribution in [3.8, 4) is 6.07 Å². The molecule has 2 aliphatic rings. The fourth-order valence-electron chi connectivity index (χ4n) is 4.01. The number of piperazine rings is 1. The highest BCUT2D eigenvalue weighted by Gasteiger charge is 2.23. The summed E-state index contributed by atoms with van der Waals surface area (Å²) < 4.78 is 0. The highest BCUT2D eigenvalue weighted by atomic mass is 16.1. The first kappa shape index (κ1) is 17.0. The van der Waals surface area contributed by atoms with E-state index >= 15 is 0 Å². The summed E-state index contributed by atoms with van der Waals surface area (Å²) in [5.74, 6) is 0.928. The molecule has 0 aromatic heterocycles. The third-order valence-corrected chi connectivity index (χ3v) is 5.48. The zero-order valence-electron chi connectivity index (χ0n) is 14.6. The Morgan fingerprint density at radius 3 is 2.50 bits per heavy atom. The van der Waals surface area contributed by atoms with Gasteiger partial charge in [-0.05, 0) is 43.9 Å². The normalized spacial score (nSPS) is 19.9. The van der Waals surface area contributed by atoms with E-state index in [9.17, 15) is 10.1 Å². The Labute approximate surface area is 145 Å². The standard InChI is InChI=1S/C20H27N3O/c1-16(24)18-7-8-19(14-21)20(13-18)23-11-9-22(10-12-23)15-17-5-3-2-4-6-17/h7-8,13,17H,2-6,9-12,15H2,1H3. The van der Waals surface area contributed by atoms with Crippen molar-refractivity contribution in [3.63, 3.8) is 0 Å². The van der Waals surface area contributed by atoms with Gasteiger partial charge in [-0.3, -0.25) is 9.69 Å². The first-order valence-electron chi connectivity index (χ1n) is 9.20. The van der Waals surface area contributed by atoms with Crippen LogP contribution < -0.4 is 4.90 Å². The van der Waals surface area contributed by atoms with Crippen molar-refractivity contribution in [3.05, 3.63) is 29.3 Å². The van der Waals surface area contributed by atoms with Crippen LogP contribution in [0.5, 0.6) is 0 Å². The number of Topliss-reactive ketones (excluding diaryl/α,β-unsaturated/α-hetero) is 1. The number of hydrogen-bond donors (Lipinski definition) is 0. The number of nitrogens with zero attached hydrogens (tertiary/aromatic N) is 3. The maximum Gasteiger partial charge on any atom is 0.159 e. The minimum Gasteiger partial charge on any atom is -0.368 e. The molecule has 24 heavy (non-hydrogen) atoms. The molecular weight excluding hydrogens is 298 g/mol. The molecule has 0 amide bonds. The van der Waals surface area contributed by atoms with Gasteiger partial charge in [-0.15, -0.1) is 0 Å². The van der Waals surface area contributed by atoms with Gasteiger partial charge in [-0.1, -0.05) is 19.3 Å². The molecule has 0 radical (unpaired) electrons. The molecule has 0 atom stereocenters. The second kappa shape index (κ2) is 7.81. The summed E-state index contributed by atoms with van der Waals surface area (Å²) in [6.07, 6.45) is 6.98. The largest absolute Gasteiger partial charge is 0.368 e. The van der Waals surface area contributed by atoms with Gasteiger partial charge in [0.1, 0.15) is 6.07 Å². The molecule has 0 bridgehead atoms. The molecule has 1 aromatic rings. The van der Waals surface area contributed by atoms with Crippen molar-refractivity contribution in [2.24, 2.45) is 5.92 Å². The molecule has 4 nitrogen and oxygen atoms in total. The van der Waals surface area contributed by atoms with Crippen molar-refractivity contribution < 1.29 is 4.79 Å². The minimum absolute atomic E-state index is 0.0525. The van der Waals surface area contributed by atoms with Crippen LogP contribution in [0.4, 0.5) is 5.69 Å². The monoisotopic (exact) mass is 325 g/mol. The van der Waals surface area contributed by atoms with Crippen LogP contribution >= 0.6 is 0 Å². The summed E-state index contributed by atoms with van der Waals surface area (Å²) in [6, 6.07) is 7.69. The molecule has 0 spiro atoms. The van der Waals surface area contributed by atoms with Crippen LogP contribution in [0, 0.1) is 17.2 Å². The van der Waals surface area contributed by atoms with Gasteiger partial charge in [-0.2, -0.15) is 5.26 Å². The third-order valence-electron chi connectivity index (χ3n) is 5.48. The summed E-state index contributed by atoms with van der Waals surface area (Å²) in [7, 11) is 0. The minimum atomic E-state index is 0.0525. The first-order valence-corrected chi connectivity index (χ1v) is 9.20. The van der Waals surface area contributed by atoms with Crippen molar-refractivity contribution in [1.82, 2.24) is 4.90 Å². The van der Waals surface area contributed by atoms with Crippen LogP contribution in [0.2, 0.25) is 0 Å². The van der Waals surface area contributed by atoms with E-state index < -0.39 is 0 Å². The van der Waals surface area contributed by atoms with Gasteiger partial charge in [-0.25, -0.2) is 0 Å². The number of anilines is 1. The zero-order valence-corrected chi connectivity index (χ0v) is 14.6. The summed E-state index contributed by atoms with van der Waals surface area (Å²) in [5, 5.41) is 9.37. The predicted molar refractivity (Wildman–Crippen MR) is 96.4 cm³/mol. The van der Waals surface area contributed by atoms with Gasteiger partial charge in [0.05, 0.1) is 11.3 Å². The quantitative estimate of drug-likeness (QED) is 0.795. The van der Waals surface area contributed by atoms with Gasteiger partial charge in [0.15, 0.2) is 5.78 Å². The highest BCUT2D eigenvalue weighted by molar-refractivity contribution is 5.95. The lowest BCUT2D eigenvalue weighted by molar-refractivity contribution is 0.101. The van der Waals surface area contributed by atoms with Crippen LogP contribution in [0.15, 0.2) is 18.2 Å². The summed E-state index contributed by atoms with van der Waals surface area (Å²) in [4.78, 5) is 16.5. The van der Waals surface area contributed by atoms with Crippen LogP contribution in [0.25, 0.3) is 0 Å². The van der Waals surface area contributed by atoms with Gasteiger partial charge >= 0.3 is 0 Å². The Morgan fingerprint density at radius 1 is 1.17 bits per heavy atom. The zero-order chi connectivity index (χ0) is 16.9. The molecule has 0 N–H and O–H groups in total. The Balaban J connectivity index is 1.62. The number of rotatable bonds is 4. The molecule has 1 heterocycles. The molecule has 1 saturated carbocycles. The maximum absolute atomic E-state index is 11.6. The molecular formula is C20H27N3O. The van der Waals surface area contributed by atoms with E-state index in [1.807, 2.05) is 6.07 Å². The van der Waals surface area contributed by atoms with Crippen LogP contribution in [0.1, 0.15) is 54.9 Å². The lowest BCUT2D eigenvalue weighted by atomic mass is 9.89. The molecule has 128 valence electrons. The van der Waals surface area contributed by atoms with Gasteiger partial charge in [0, 0.05) is 38.3 Å². The van der Waals surface area contributed by atoms with Crippen molar-refractivity contribution in [2.45, 2.75) is 39.0 Å². The Hall–Kier alpha value is -1.86. The average Bonchev–Trinajstić information content (AvgIpc) is 2.62. The Bertz CT molecular complexity index is 620. The van der Waals surface area contributed by atoms with E-state index in [-0.39, 0.29) is 5.78 Å². The van der Waals surface area contributed by atoms with E-state index in [2.05, 4.69) is 15.9 Å². The Kier molecular flexibility index (Phi) is 5.52. The number of carbonyl (C=O) groups excluding carboxylic acids is 1. The lowest BCUT2D eigenvalue weighted by Gasteiger charge is -2.38. The van der Waals surface area contributed by atoms with Gasteiger partial charge in [0.25, 0.3) is 0 Å². The molecule has 2 fully saturated rings. The molecule has 1 saturated heterocycles. The van der Waals surface area contributed by atoms with Gasteiger partial charge in [0.2, 0.25) is 0 Å². The van der Waals surface area contributed by atoms with Crippen LogP contribution in [-0.4, -0.2) is 43.4 Å². The summed E-state index contributed by atoms with van der Waals surface area (Å²) in [5.41, 5.74) is 2.27.